The second-order valence-corrected chi connectivity index (χ2v) is 6.14. The highest BCUT2D eigenvalue weighted by Crippen LogP contribution is 2.27. The molecular weight excluding hydrogens is 270 g/mol. The van der Waals surface area contributed by atoms with E-state index in [-0.39, 0.29) is 23.9 Å². The van der Waals surface area contributed by atoms with E-state index in [4.69, 9.17) is 10.5 Å². The maximum Gasteiger partial charge on any atom is 0.360 e. The summed E-state index contributed by atoms with van der Waals surface area (Å²) < 4.78 is 29.2. The standard InChI is InChI=1S/C11H15N3O4S/c1-3-18-11(15)9-10(12)14(7(2)13-9)8-4-5-19(16,17)6-8/h4-5,8H,3,6,12H2,1-2H3. The molecule has 0 aliphatic carbocycles. The number of nitrogens with two attached hydrogens (primary N) is 1. The van der Waals surface area contributed by atoms with E-state index in [1.807, 2.05) is 0 Å². The molecule has 1 aliphatic rings. The van der Waals surface area contributed by atoms with Crippen molar-refractivity contribution in [3.63, 3.8) is 0 Å². The number of nitrogen functional groups attached to an aromatic ring is 1. The normalized spacial score (nSPS) is 20.6. The fraction of sp³-hybridized carbons (Fsp3) is 0.455. The van der Waals surface area contributed by atoms with Crippen molar-refractivity contribution < 1.29 is 17.9 Å². The number of hydrogen-bond donors (Lipinski definition) is 1. The fourth-order valence-corrected chi connectivity index (χ4v) is 3.32. The zero-order valence-electron chi connectivity index (χ0n) is 10.7. The second-order valence-electron chi connectivity index (χ2n) is 4.21. The molecule has 1 aromatic rings. The van der Waals surface area contributed by atoms with Crippen molar-refractivity contribution in [1.82, 2.24) is 9.55 Å². The van der Waals surface area contributed by atoms with Gasteiger partial charge in [-0.05, 0) is 19.9 Å². The van der Waals surface area contributed by atoms with E-state index in [1.54, 1.807) is 13.8 Å². The highest BCUT2D eigenvalue weighted by molar-refractivity contribution is 7.94. The molecule has 104 valence electrons. The highest BCUT2D eigenvalue weighted by Gasteiger charge is 2.29. The Morgan fingerprint density at radius 1 is 1.63 bits per heavy atom. The number of nitrogens with zero attached hydrogens (tertiary/aromatic N) is 2. The minimum Gasteiger partial charge on any atom is -0.461 e. The van der Waals surface area contributed by atoms with Crippen LogP contribution in [-0.2, 0) is 14.6 Å². The molecule has 0 spiro atoms. The van der Waals surface area contributed by atoms with Crippen molar-refractivity contribution in [2.75, 3.05) is 18.1 Å². The molecule has 1 unspecified atom stereocenters. The second kappa shape index (κ2) is 4.69. The Labute approximate surface area is 111 Å². The SMILES string of the molecule is CCOC(=O)c1nc(C)n(C2C=CS(=O)(=O)C2)c1N. The number of sulfone groups is 1. The molecule has 0 saturated carbocycles. The van der Waals surface area contributed by atoms with Crippen LogP contribution in [0.4, 0.5) is 5.82 Å². The summed E-state index contributed by atoms with van der Waals surface area (Å²) in [5.74, 6) is -0.0712. The molecule has 7 nitrogen and oxygen atoms in total. The summed E-state index contributed by atoms with van der Waals surface area (Å²) in [4.78, 5) is 15.7. The maximum atomic E-state index is 11.7. The Morgan fingerprint density at radius 2 is 2.32 bits per heavy atom. The topological polar surface area (TPSA) is 104 Å². The van der Waals surface area contributed by atoms with Gasteiger partial charge in [-0.2, -0.15) is 0 Å². The van der Waals surface area contributed by atoms with Crippen LogP contribution in [0.25, 0.3) is 0 Å². The number of carbonyl (C=O) groups excluding carboxylic acids is 1. The predicted molar refractivity (Wildman–Crippen MR) is 69.3 cm³/mol. The maximum absolute atomic E-state index is 11.7. The van der Waals surface area contributed by atoms with Gasteiger partial charge in [0.1, 0.15) is 11.6 Å². The summed E-state index contributed by atoms with van der Waals surface area (Å²) in [6.45, 7) is 3.57. The molecule has 0 fully saturated rings. The van der Waals surface area contributed by atoms with Gasteiger partial charge in [-0.25, -0.2) is 18.2 Å². The van der Waals surface area contributed by atoms with E-state index in [1.165, 1.54) is 10.6 Å². The molecule has 1 aliphatic heterocycles. The van der Waals surface area contributed by atoms with Gasteiger partial charge in [0, 0.05) is 5.41 Å². The molecule has 8 heteroatoms. The number of aryl methyl sites for hydroxylation is 1. The molecule has 19 heavy (non-hydrogen) atoms. The van der Waals surface area contributed by atoms with E-state index in [0.717, 1.165) is 5.41 Å². The number of esters is 1. The zero-order chi connectivity index (χ0) is 14.2. The number of hydrogen-bond acceptors (Lipinski definition) is 6. The number of allylic oxidation sites excluding steroid dienone is 1. The molecule has 0 bridgehead atoms. The van der Waals surface area contributed by atoms with Gasteiger partial charge >= 0.3 is 5.97 Å². The summed E-state index contributed by atoms with van der Waals surface area (Å²) >= 11 is 0. The van der Waals surface area contributed by atoms with Crippen molar-refractivity contribution in [3.8, 4) is 0 Å². The molecule has 2 N–H and O–H groups in total. The van der Waals surface area contributed by atoms with E-state index < -0.39 is 21.8 Å². The van der Waals surface area contributed by atoms with Crippen LogP contribution in [0.15, 0.2) is 11.5 Å². The van der Waals surface area contributed by atoms with Crippen LogP contribution in [0.5, 0.6) is 0 Å². The minimum absolute atomic E-state index is 0.0250. The van der Waals surface area contributed by atoms with Crippen LogP contribution in [-0.4, -0.2) is 36.3 Å². The van der Waals surface area contributed by atoms with Crippen molar-refractivity contribution in [1.29, 1.82) is 0 Å². The predicted octanol–water partition coefficient (Wildman–Crippen LogP) is 0.434. The minimum atomic E-state index is -3.20. The van der Waals surface area contributed by atoms with E-state index in [9.17, 15) is 13.2 Å². The van der Waals surface area contributed by atoms with Gasteiger partial charge in [0.05, 0.1) is 18.4 Å². The highest BCUT2D eigenvalue weighted by atomic mass is 32.2. The Bertz CT molecular complexity index is 645. The molecular formula is C11H15N3O4S. The van der Waals surface area contributed by atoms with E-state index in [2.05, 4.69) is 4.98 Å². The molecule has 0 saturated heterocycles. The number of anilines is 1. The molecule has 0 amide bonds. The van der Waals surface area contributed by atoms with Crippen LogP contribution in [0.2, 0.25) is 0 Å². The van der Waals surface area contributed by atoms with Crippen LogP contribution >= 0.6 is 0 Å². The lowest BCUT2D eigenvalue weighted by Crippen LogP contribution is -2.16. The number of rotatable bonds is 3. The smallest absolute Gasteiger partial charge is 0.360 e. The Hall–Kier alpha value is -1.83. The van der Waals surface area contributed by atoms with Gasteiger partial charge in [-0.3, -0.25) is 0 Å². The van der Waals surface area contributed by atoms with E-state index >= 15 is 0 Å². The van der Waals surface area contributed by atoms with Crippen LogP contribution in [0.1, 0.15) is 29.3 Å². The quantitative estimate of drug-likeness (QED) is 0.808. The van der Waals surface area contributed by atoms with Crippen molar-refractivity contribution in [3.05, 3.63) is 23.0 Å². The molecule has 1 aromatic heterocycles. The first-order valence-electron chi connectivity index (χ1n) is 5.78. The fourth-order valence-electron chi connectivity index (χ4n) is 2.05. The van der Waals surface area contributed by atoms with E-state index in [0.29, 0.717) is 5.82 Å². The first-order valence-corrected chi connectivity index (χ1v) is 7.49. The van der Waals surface area contributed by atoms with Gasteiger partial charge in [-0.15, -0.1) is 0 Å². The van der Waals surface area contributed by atoms with Crippen molar-refractivity contribution >= 4 is 21.6 Å². The third-order valence-electron chi connectivity index (χ3n) is 2.84. The van der Waals surface area contributed by atoms with Crippen molar-refractivity contribution in [2.45, 2.75) is 19.9 Å². The number of imidazole rings is 1. The van der Waals surface area contributed by atoms with Gasteiger partial charge in [0.25, 0.3) is 0 Å². The van der Waals surface area contributed by atoms with Gasteiger partial charge in [0.15, 0.2) is 15.5 Å². The molecule has 1 atom stereocenters. The largest absolute Gasteiger partial charge is 0.461 e. The summed E-state index contributed by atoms with van der Waals surface area (Å²) in [5, 5.41) is 1.15. The van der Waals surface area contributed by atoms with Gasteiger partial charge < -0.3 is 15.0 Å². The molecule has 2 rings (SSSR count). The lowest BCUT2D eigenvalue weighted by atomic mass is 10.3. The Morgan fingerprint density at radius 3 is 2.84 bits per heavy atom. The molecule has 0 aromatic carbocycles. The van der Waals surface area contributed by atoms with Crippen LogP contribution in [0, 0.1) is 6.92 Å². The number of ether oxygens (including phenoxy) is 1. The Balaban J connectivity index is 2.38. The monoisotopic (exact) mass is 285 g/mol. The van der Waals surface area contributed by atoms with Crippen LogP contribution in [0.3, 0.4) is 0 Å². The van der Waals surface area contributed by atoms with Gasteiger partial charge in [0.2, 0.25) is 0 Å². The van der Waals surface area contributed by atoms with Crippen molar-refractivity contribution in [2.24, 2.45) is 0 Å². The summed E-state index contributed by atoms with van der Waals surface area (Å²) in [6, 6.07) is -0.430. The summed E-state index contributed by atoms with van der Waals surface area (Å²) in [7, 11) is -3.20. The first-order chi connectivity index (χ1) is 8.85. The summed E-state index contributed by atoms with van der Waals surface area (Å²) in [6.07, 6.45) is 1.54. The lowest BCUT2D eigenvalue weighted by molar-refractivity contribution is 0.0521. The third-order valence-corrected chi connectivity index (χ3v) is 4.21. The summed E-state index contributed by atoms with van der Waals surface area (Å²) in [5.41, 5.74) is 5.90. The molecule has 0 radical (unpaired) electrons. The average Bonchev–Trinajstić information content (AvgIpc) is 2.79. The van der Waals surface area contributed by atoms with Crippen LogP contribution < -0.4 is 5.73 Å². The lowest BCUT2D eigenvalue weighted by Gasteiger charge is -2.13. The number of carbonyl (C=O) groups is 1. The zero-order valence-corrected chi connectivity index (χ0v) is 11.5. The third kappa shape index (κ3) is 2.48. The number of aromatic nitrogens is 2. The average molecular weight is 285 g/mol. The molecule has 2 heterocycles. The Kier molecular flexibility index (Phi) is 3.36. The van der Waals surface area contributed by atoms with Gasteiger partial charge in [-0.1, -0.05) is 0 Å². The first kappa shape index (κ1) is 13.6.